The van der Waals surface area contributed by atoms with Crippen molar-refractivity contribution in [2.45, 2.75) is 69.8 Å². The maximum Gasteiger partial charge on any atom is 0.303 e. The predicted molar refractivity (Wildman–Crippen MR) is 101 cm³/mol. The van der Waals surface area contributed by atoms with Gasteiger partial charge in [-0.25, -0.2) is 0 Å². The summed E-state index contributed by atoms with van der Waals surface area (Å²) in [5.41, 5.74) is -0.406. The van der Waals surface area contributed by atoms with E-state index in [1.54, 1.807) is 0 Å². The van der Waals surface area contributed by atoms with Crippen LogP contribution in [-0.4, -0.2) is 66.0 Å². The van der Waals surface area contributed by atoms with Crippen LogP contribution in [0.2, 0.25) is 0 Å². The van der Waals surface area contributed by atoms with Crippen LogP contribution in [0.1, 0.15) is 40.0 Å². The molecule has 5 unspecified atom stereocenters. The molecule has 1 aliphatic carbocycles. The summed E-state index contributed by atoms with van der Waals surface area (Å²) in [5.74, 6) is -0.735. The van der Waals surface area contributed by atoms with Crippen molar-refractivity contribution in [1.29, 1.82) is 0 Å². The fourth-order valence-corrected chi connectivity index (χ4v) is 4.44. The van der Waals surface area contributed by atoms with Gasteiger partial charge in [0.05, 0.1) is 0 Å². The zero-order chi connectivity index (χ0) is 20.3. The lowest BCUT2D eigenvalue weighted by atomic mass is 9.97. The molecule has 1 saturated carbocycles. The zero-order valence-electron chi connectivity index (χ0n) is 16.2. The van der Waals surface area contributed by atoms with E-state index in [1.807, 2.05) is 0 Å². The third kappa shape index (κ3) is 5.60. The van der Waals surface area contributed by atoms with E-state index in [2.05, 4.69) is 10.3 Å². The van der Waals surface area contributed by atoms with Crippen molar-refractivity contribution < 1.29 is 33.3 Å². The number of thioether (sulfide) groups is 1. The van der Waals surface area contributed by atoms with Crippen molar-refractivity contribution in [2.24, 2.45) is 10.9 Å². The van der Waals surface area contributed by atoms with Gasteiger partial charge in [-0.3, -0.25) is 19.4 Å². The minimum Gasteiger partial charge on any atom is -0.463 e. The summed E-state index contributed by atoms with van der Waals surface area (Å²) in [4.78, 5) is 39.1. The first-order valence-electron chi connectivity index (χ1n) is 9.44. The summed E-state index contributed by atoms with van der Waals surface area (Å²) in [6, 6.07) is -0.425. The Kier molecular flexibility index (Phi) is 6.82. The number of fused-ring (bicyclic) bond motifs is 1. The van der Waals surface area contributed by atoms with Gasteiger partial charge in [0.1, 0.15) is 24.2 Å². The Labute approximate surface area is 167 Å². The molecular formula is C18H26N2O7S. The number of amidine groups is 1. The second kappa shape index (κ2) is 9.13. The molecule has 0 amide bonds. The fourth-order valence-electron chi connectivity index (χ4n) is 3.28. The van der Waals surface area contributed by atoms with E-state index in [1.165, 1.54) is 45.4 Å². The molecule has 0 aromatic rings. The molecule has 10 heteroatoms. The largest absolute Gasteiger partial charge is 0.463 e. The molecular weight excluding hydrogens is 388 g/mol. The van der Waals surface area contributed by atoms with Crippen molar-refractivity contribution in [3.05, 3.63) is 0 Å². The first-order valence-corrected chi connectivity index (χ1v) is 10.3. The van der Waals surface area contributed by atoms with Crippen LogP contribution < -0.4 is 5.32 Å². The summed E-state index contributed by atoms with van der Waals surface area (Å²) in [7, 11) is 0. The van der Waals surface area contributed by atoms with Gasteiger partial charge in [0.15, 0.2) is 17.4 Å². The molecule has 3 fully saturated rings. The number of nitrogens with one attached hydrogen (secondary N) is 1. The van der Waals surface area contributed by atoms with Gasteiger partial charge < -0.3 is 24.3 Å². The highest BCUT2D eigenvalue weighted by Gasteiger charge is 2.53. The van der Waals surface area contributed by atoms with Crippen molar-refractivity contribution in [3.8, 4) is 0 Å². The van der Waals surface area contributed by atoms with Crippen LogP contribution in [0.25, 0.3) is 0 Å². The van der Waals surface area contributed by atoms with Gasteiger partial charge in [0.25, 0.3) is 0 Å². The Hall–Kier alpha value is -1.81. The van der Waals surface area contributed by atoms with Gasteiger partial charge in [-0.15, -0.1) is 0 Å². The van der Waals surface area contributed by atoms with Gasteiger partial charge in [0.2, 0.25) is 0 Å². The molecule has 5 atom stereocenters. The smallest absolute Gasteiger partial charge is 0.303 e. The molecule has 9 nitrogen and oxygen atoms in total. The molecule has 2 heterocycles. The topological polar surface area (TPSA) is 113 Å². The van der Waals surface area contributed by atoms with Crippen LogP contribution in [0.3, 0.4) is 0 Å². The predicted octanol–water partition coefficient (Wildman–Crippen LogP) is 0.999. The number of carbonyl (C=O) groups is 3. The Morgan fingerprint density at radius 2 is 1.79 bits per heavy atom. The minimum atomic E-state index is -0.902. The second-order valence-corrected chi connectivity index (χ2v) is 8.29. The number of nitrogens with zero attached hydrogens (tertiary/aromatic N) is 1. The maximum atomic E-state index is 11.7. The van der Waals surface area contributed by atoms with E-state index >= 15 is 0 Å². The van der Waals surface area contributed by atoms with E-state index in [0.717, 1.165) is 18.9 Å². The Bertz CT molecular complexity index is 652. The molecule has 156 valence electrons. The third-order valence-electron chi connectivity index (χ3n) is 4.71. The number of aliphatic imine (C=N–C) groups is 1. The minimum absolute atomic E-state index is 0.108. The van der Waals surface area contributed by atoms with Crippen LogP contribution >= 0.6 is 11.8 Å². The average molecular weight is 414 g/mol. The van der Waals surface area contributed by atoms with E-state index in [9.17, 15) is 14.4 Å². The summed E-state index contributed by atoms with van der Waals surface area (Å²) in [5, 5.41) is 3.95. The van der Waals surface area contributed by atoms with Crippen molar-refractivity contribution in [1.82, 2.24) is 5.32 Å². The van der Waals surface area contributed by atoms with Crippen LogP contribution in [0.15, 0.2) is 4.99 Å². The molecule has 0 radical (unpaired) electrons. The van der Waals surface area contributed by atoms with Crippen LogP contribution in [0.5, 0.6) is 0 Å². The number of carbonyl (C=O) groups excluding carboxylic acids is 3. The summed E-state index contributed by atoms with van der Waals surface area (Å²) in [6.45, 7) is 4.46. The number of ether oxygens (including phenoxy) is 4. The Balaban J connectivity index is 1.75. The van der Waals surface area contributed by atoms with E-state index in [-0.39, 0.29) is 6.61 Å². The molecule has 3 aliphatic rings. The molecule has 2 saturated heterocycles. The maximum absolute atomic E-state index is 11.7. The lowest BCUT2D eigenvalue weighted by molar-refractivity contribution is -0.209. The number of hydrogen-bond donors (Lipinski definition) is 1. The van der Waals surface area contributed by atoms with Gasteiger partial charge in [-0.2, -0.15) is 0 Å². The van der Waals surface area contributed by atoms with E-state index < -0.39 is 47.7 Å². The number of rotatable bonds is 7. The first-order chi connectivity index (χ1) is 13.3. The van der Waals surface area contributed by atoms with Crippen molar-refractivity contribution in [2.75, 3.05) is 13.2 Å². The van der Waals surface area contributed by atoms with E-state index in [4.69, 9.17) is 18.9 Å². The molecule has 0 aromatic carbocycles. The van der Waals surface area contributed by atoms with E-state index in [0.29, 0.717) is 5.17 Å². The normalized spacial score (nSPS) is 33.0. The molecule has 28 heavy (non-hydrogen) atoms. The molecule has 3 rings (SSSR count). The standard InChI is InChI=1S/C18H26N2O7S/c1-9(21)24-8-13-15(25-10(2)22)16(26-11(3)23)14-17(27-13)28-18(20-14)19-7-6-12-4-5-12/h12-17H,4-8H2,1-3H3,(H,19,20). The highest BCUT2D eigenvalue weighted by atomic mass is 32.2. The first kappa shape index (κ1) is 20.9. The van der Waals surface area contributed by atoms with Crippen LogP contribution in [0, 0.1) is 5.92 Å². The van der Waals surface area contributed by atoms with Gasteiger partial charge in [0, 0.05) is 27.3 Å². The number of hydrogen-bond acceptors (Lipinski definition) is 9. The van der Waals surface area contributed by atoms with Crippen LogP contribution in [-0.2, 0) is 33.3 Å². The lowest BCUT2D eigenvalue weighted by Crippen LogP contribution is -2.62. The highest BCUT2D eigenvalue weighted by Crippen LogP contribution is 2.37. The average Bonchev–Trinajstić information content (AvgIpc) is 3.33. The monoisotopic (exact) mass is 414 g/mol. The third-order valence-corrected chi connectivity index (χ3v) is 5.82. The number of esters is 3. The SMILES string of the molecule is CC(=O)OCC1OC2SC(=NCCC3CC3)NC2C(OC(C)=O)C1OC(C)=O. The van der Waals surface area contributed by atoms with Crippen LogP contribution in [0.4, 0.5) is 0 Å². The second-order valence-electron chi connectivity index (χ2n) is 7.20. The van der Waals surface area contributed by atoms with Crippen molar-refractivity contribution in [3.63, 3.8) is 0 Å². The fraction of sp³-hybridized carbons (Fsp3) is 0.778. The van der Waals surface area contributed by atoms with Gasteiger partial charge in [-0.05, 0) is 12.3 Å². The zero-order valence-corrected chi connectivity index (χ0v) is 17.0. The molecule has 0 bridgehead atoms. The van der Waals surface area contributed by atoms with Crippen molar-refractivity contribution >= 4 is 34.8 Å². The van der Waals surface area contributed by atoms with Gasteiger partial charge >= 0.3 is 17.9 Å². The quantitative estimate of drug-likeness (QED) is 0.481. The lowest BCUT2D eigenvalue weighted by Gasteiger charge is -2.41. The highest BCUT2D eigenvalue weighted by molar-refractivity contribution is 8.14. The molecule has 2 aliphatic heterocycles. The Morgan fingerprint density at radius 1 is 1.11 bits per heavy atom. The molecule has 0 spiro atoms. The summed E-state index contributed by atoms with van der Waals surface area (Å²) in [6.07, 6.45) is 1.16. The summed E-state index contributed by atoms with van der Waals surface area (Å²) < 4.78 is 22.0. The molecule has 0 aromatic heterocycles. The van der Waals surface area contributed by atoms with Gasteiger partial charge in [-0.1, -0.05) is 24.6 Å². The molecule has 1 N–H and O–H groups in total. The summed E-state index contributed by atoms with van der Waals surface area (Å²) >= 11 is 1.40. The Morgan fingerprint density at radius 3 is 2.39 bits per heavy atom.